The molecule has 10 heavy (non-hydrogen) atoms. The molecule has 0 aromatic heterocycles. The third kappa shape index (κ3) is 4.09. The minimum absolute atomic E-state index is 0.466. The monoisotopic (exact) mass is 185 g/mol. The van der Waals surface area contributed by atoms with Crippen LogP contribution in [0.5, 0.6) is 0 Å². The molecule has 3 nitrogen and oxygen atoms in total. The molecule has 0 aromatic carbocycles. The van der Waals surface area contributed by atoms with E-state index in [1.54, 1.807) is 6.92 Å². The van der Waals surface area contributed by atoms with Crippen molar-refractivity contribution in [2.45, 2.75) is 25.0 Å². The molecule has 0 rings (SSSR count). The molecular weight excluding hydrogens is 174 g/mol. The lowest BCUT2D eigenvalue weighted by Crippen LogP contribution is -2.25. The van der Waals surface area contributed by atoms with Crippen molar-refractivity contribution < 1.29 is 8.42 Å². The van der Waals surface area contributed by atoms with Crippen molar-refractivity contribution in [1.29, 1.82) is 0 Å². The molecule has 0 radical (unpaired) electrons. The van der Waals surface area contributed by atoms with Crippen LogP contribution in [-0.2, 0) is 10.0 Å². The number of hydrogen-bond donors (Lipinski definition) is 1. The summed E-state index contributed by atoms with van der Waals surface area (Å²) in [6.07, 6.45) is 1.24. The van der Waals surface area contributed by atoms with Crippen LogP contribution < -0.4 is 5.14 Å². The Labute approximate surface area is 66.6 Å². The highest BCUT2D eigenvalue weighted by Gasteiger charge is 2.13. The summed E-state index contributed by atoms with van der Waals surface area (Å²) < 4.78 is 21.1. The molecule has 0 aliphatic heterocycles. The molecule has 0 fully saturated rings. The van der Waals surface area contributed by atoms with Crippen LogP contribution in [0.2, 0.25) is 0 Å². The summed E-state index contributed by atoms with van der Waals surface area (Å²) >= 11 is 5.36. The van der Waals surface area contributed by atoms with E-state index < -0.39 is 15.3 Å². The zero-order valence-corrected chi connectivity index (χ0v) is 7.45. The van der Waals surface area contributed by atoms with Crippen LogP contribution in [-0.4, -0.2) is 19.5 Å². The largest absolute Gasteiger partial charge is 0.228 e. The number of alkyl halides is 1. The highest BCUT2D eigenvalue weighted by atomic mass is 35.5. The second-order valence-electron chi connectivity index (χ2n) is 2.23. The van der Waals surface area contributed by atoms with E-state index in [1.165, 1.54) is 0 Å². The molecule has 0 bridgehead atoms. The predicted octanol–water partition coefficient (Wildman–Crippen LogP) is 0.682. The van der Waals surface area contributed by atoms with Crippen LogP contribution >= 0.6 is 11.6 Å². The first-order valence-electron chi connectivity index (χ1n) is 3.06. The van der Waals surface area contributed by atoms with Gasteiger partial charge >= 0.3 is 0 Å². The molecule has 0 saturated carbocycles. The van der Waals surface area contributed by atoms with Gasteiger partial charge in [-0.2, -0.15) is 0 Å². The average Bonchev–Trinajstić information content (AvgIpc) is 1.80. The van der Waals surface area contributed by atoms with Gasteiger partial charge in [0.1, 0.15) is 0 Å². The molecule has 0 saturated heterocycles. The van der Waals surface area contributed by atoms with Crippen molar-refractivity contribution in [3.63, 3.8) is 0 Å². The van der Waals surface area contributed by atoms with Gasteiger partial charge in [-0.15, -0.1) is 11.6 Å². The molecule has 1 atom stereocenters. The maximum atomic E-state index is 10.6. The zero-order valence-electron chi connectivity index (χ0n) is 5.88. The van der Waals surface area contributed by atoms with E-state index in [0.29, 0.717) is 18.7 Å². The Morgan fingerprint density at radius 3 is 2.40 bits per heavy atom. The molecule has 62 valence electrons. The highest BCUT2D eigenvalue weighted by Crippen LogP contribution is 2.04. The fourth-order valence-corrected chi connectivity index (χ4v) is 1.18. The second kappa shape index (κ2) is 4.16. The first-order chi connectivity index (χ1) is 4.48. The number of halogens is 1. The normalized spacial score (nSPS) is 15.1. The molecule has 0 amide bonds. The lowest BCUT2D eigenvalue weighted by molar-refractivity contribution is 0.578. The van der Waals surface area contributed by atoms with Gasteiger partial charge in [-0.1, -0.05) is 0 Å². The van der Waals surface area contributed by atoms with E-state index in [2.05, 4.69) is 0 Å². The molecule has 0 aliphatic rings. The molecule has 0 aromatic rings. The Kier molecular flexibility index (Phi) is 4.24. The van der Waals surface area contributed by atoms with E-state index in [0.717, 1.165) is 0 Å². The summed E-state index contributed by atoms with van der Waals surface area (Å²) in [7, 11) is -3.33. The topological polar surface area (TPSA) is 60.2 Å². The van der Waals surface area contributed by atoms with Crippen molar-refractivity contribution in [2.24, 2.45) is 5.14 Å². The van der Waals surface area contributed by atoms with E-state index in [4.69, 9.17) is 16.7 Å². The predicted molar refractivity (Wildman–Crippen MR) is 42.5 cm³/mol. The highest BCUT2D eigenvalue weighted by molar-refractivity contribution is 7.89. The number of hydrogen-bond acceptors (Lipinski definition) is 2. The molecular formula is C5H12ClNO2S. The molecule has 1 unspecified atom stereocenters. The fraction of sp³-hybridized carbons (Fsp3) is 1.00. The van der Waals surface area contributed by atoms with Crippen LogP contribution in [0, 0.1) is 0 Å². The van der Waals surface area contributed by atoms with Crippen molar-refractivity contribution in [3.8, 4) is 0 Å². The Morgan fingerprint density at radius 1 is 1.60 bits per heavy atom. The summed E-state index contributed by atoms with van der Waals surface area (Å²) in [5, 5.41) is 4.38. The summed E-state index contributed by atoms with van der Waals surface area (Å²) in [5.74, 6) is 0.486. The first kappa shape index (κ1) is 10.2. The minimum Gasteiger partial charge on any atom is -0.228 e. The van der Waals surface area contributed by atoms with Gasteiger partial charge in [-0.05, 0) is 19.8 Å². The van der Waals surface area contributed by atoms with Crippen LogP contribution in [0.1, 0.15) is 19.8 Å². The summed E-state index contributed by atoms with van der Waals surface area (Å²) in [5.41, 5.74) is 0. The number of nitrogens with two attached hydrogens (primary N) is 1. The maximum Gasteiger partial charge on any atom is 0.211 e. The standard InChI is InChI=1S/C5H12ClNO2S/c1-5(3-2-4-6)10(7,8)9/h5H,2-4H2,1H3,(H2,7,8,9). The SMILES string of the molecule is CC(CCCCl)S(N)(=O)=O. The Bertz CT molecular complexity index is 178. The third-order valence-electron chi connectivity index (χ3n) is 1.31. The summed E-state index contributed by atoms with van der Waals surface area (Å²) in [4.78, 5) is 0. The van der Waals surface area contributed by atoms with Gasteiger partial charge in [0.2, 0.25) is 10.0 Å². The van der Waals surface area contributed by atoms with Crippen molar-refractivity contribution in [2.75, 3.05) is 5.88 Å². The van der Waals surface area contributed by atoms with Crippen molar-refractivity contribution >= 4 is 21.6 Å². The maximum absolute atomic E-state index is 10.6. The molecule has 2 N–H and O–H groups in total. The number of primary sulfonamides is 1. The number of sulfonamides is 1. The van der Waals surface area contributed by atoms with Gasteiger partial charge < -0.3 is 0 Å². The van der Waals surface area contributed by atoms with Gasteiger partial charge in [0.25, 0.3) is 0 Å². The Balaban J connectivity index is 3.75. The van der Waals surface area contributed by atoms with Gasteiger partial charge in [0, 0.05) is 5.88 Å². The van der Waals surface area contributed by atoms with Crippen molar-refractivity contribution in [1.82, 2.24) is 0 Å². The Hall–Kier alpha value is 0.200. The van der Waals surface area contributed by atoms with Crippen LogP contribution in [0.15, 0.2) is 0 Å². The lowest BCUT2D eigenvalue weighted by atomic mass is 10.3. The smallest absolute Gasteiger partial charge is 0.211 e. The number of rotatable bonds is 4. The van der Waals surface area contributed by atoms with Crippen LogP contribution in [0.25, 0.3) is 0 Å². The molecule has 5 heteroatoms. The quantitative estimate of drug-likeness (QED) is 0.655. The summed E-state index contributed by atoms with van der Waals surface area (Å²) in [6, 6.07) is 0. The molecule has 0 aliphatic carbocycles. The average molecular weight is 186 g/mol. The van der Waals surface area contributed by atoms with E-state index >= 15 is 0 Å². The van der Waals surface area contributed by atoms with E-state index in [1.807, 2.05) is 0 Å². The van der Waals surface area contributed by atoms with E-state index in [9.17, 15) is 8.42 Å². The van der Waals surface area contributed by atoms with E-state index in [-0.39, 0.29) is 0 Å². The zero-order chi connectivity index (χ0) is 8.20. The van der Waals surface area contributed by atoms with Crippen LogP contribution in [0.4, 0.5) is 0 Å². The minimum atomic E-state index is -3.33. The third-order valence-corrected chi connectivity index (χ3v) is 2.93. The molecule has 0 spiro atoms. The second-order valence-corrected chi connectivity index (χ2v) is 4.59. The summed E-state index contributed by atoms with van der Waals surface area (Å²) in [6.45, 7) is 1.59. The Morgan fingerprint density at radius 2 is 2.10 bits per heavy atom. The van der Waals surface area contributed by atoms with Gasteiger partial charge in [0.15, 0.2) is 0 Å². The fourth-order valence-electron chi connectivity index (χ4n) is 0.529. The molecule has 0 heterocycles. The van der Waals surface area contributed by atoms with Gasteiger partial charge in [-0.25, -0.2) is 13.6 Å². The van der Waals surface area contributed by atoms with Gasteiger partial charge in [-0.3, -0.25) is 0 Å². The van der Waals surface area contributed by atoms with Gasteiger partial charge in [0.05, 0.1) is 5.25 Å². The van der Waals surface area contributed by atoms with Crippen LogP contribution in [0.3, 0.4) is 0 Å². The lowest BCUT2D eigenvalue weighted by Gasteiger charge is -2.05. The van der Waals surface area contributed by atoms with Crippen molar-refractivity contribution in [3.05, 3.63) is 0 Å². The first-order valence-corrected chi connectivity index (χ1v) is 5.20.